The number of hydrogen-bond donors (Lipinski definition) is 0. The Hall–Kier alpha value is -0.0800. The molecule has 0 saturated carbocycles. The first kappa shape index (κ1) is 11.0. The van der Waals surface area contributed by atoms with Gasteiger partial charge < -0.3 is 9.80 Å². The van der Waals surface area contributed by atoms with Gasteiger partial charge >= 0.3 is 0 Å². The lowest BCUT2D eigenvalue weighted by atomic mass is 9.83. The fourth-order valence-corrected chi connectivity index (χ4v) is 1.92. The van der Waals surface area contributed by atoms with Gasteiger partial charge in [0.15, 0.2) is 0 Å². The minimum Gasteiger partial charge on any atom is -0.307 e. The topological polar surface area (TPSA) is 6.48 Å². The third-order valence-corrected chi connectivity index (χ3v) is 3.70. The van der Waals surface area contributed by atoms with Gasteiger partial charge in [0.1, 0.15) is 0 Å². The van der Waals surface area contributed by atoms with E-state index in [1.54, 1.807) is 0 Å². The molecule has 0 N–H and O–H groups in total. The molecule has 1 aliphatic heterocycles. The highest BCUT2D eigenvalue weighted by molar-refractivity contribution is 4.93. The molecule has 0 spiro atoms. The molecule has 1 saturated heterocycles. The molecule has 1 fully saturated rings. The van der Waals surface area contributed by atoms with Crippen molar-refractivity contribution in [1.82, 2.24) is 9.80 Å². The van der Waals surface area contributed by atoms with Crippen LogP contribution < -0.4 is 0 Å². The van der Waals surface area contributed by atoms with E-state index >= 15 is 0 Å². The molecular formula is C11H24N2. The molecule has 0 bridgehead atoms. The van der Waals surface area contributed by atoms with Crippen molar-refractivity contribution in [3.63, 3.8) is 0 Å². The summed E-state index contributed by atoms with van der Waals surface area (Å²) in [4.78, 5) is 4.88. The summed E-state index contributed by atoms with van der Waals surface area (Å²) in [6.45, 7) is 8.33. The van der Waals surface area contributed by atoms with Gasteiger partial charge in [-0.05, 0) is 53.4 Å². The van der Waals surface area contributed by atoms with Crippen LogP contribution in [-0.2, 0) is 0 Å². The number of likely N-dealkylation sites (tertiary alicyclic amines) is 1. The maximum Gasteiger partial charge on any atom is 0.0191 e. The van der Waals surface area contributed by atoms with Crippen LogP contribution in [0.25, 0.3) is 0 Å². The van der Waals surface area contributed by atoms with E-state index in [-0.39, 0.29) is 0 Å². The zero-order chi connectivity index (χ0) is 9.90. The van der Waals surface area contributed by atoms with Crippen molar-refractivity contribution in [2.45, 2.75) is 38.6 Å². The van der Waals surface area contributed by atoms with Gasteiger partial charge in [-0.3, -0.25) is 0 Å². The van der Waals surface area contributed by atoms with Gasteiger partial charge in [0.2, 0.25) is 0 Å². The van der Waals surface area contributed by atoms with Crippen LogP contribution in [0.5, 0.6) is 0 Å². The van der Waals surface area contributed by atoms with Gasteiger partial charge in [-0.25, -0.2) is 0 Å². The van der Waals surface area contributed by atoms with E-state index in [4.69, 9.17) is 0 Å². The second kappa shape index (κ2) is 4.43. The monoisotopic (exact) mass is 184 g/mol. The van der Waals surface area contributed by atoms with E-state index in [2.05, 4.69) is 37.7 Å². The Morgan fingerprint density at radius 2 is 2.15 bits per heavy atom. The molecule has 0 aromatic carbocycles. The molecule has 0 aliphatic carbocycles. The fraction of sp³-hybridized carbons (Fsp3) is 1.00. The zero-order valence-electron chi connectivity index (χ0n) is 9.64. The Morgan fingerprint density at radius 1 is 1.46 bits per heavy atom. The van der Waals surface area contributed by atoms with Crippen molar-refractivity contribution in [3.8, 4) is 0 Å². The molecule has 1 unspecified atom stereocenters. The highest BCUT2D eigenvalue weighted by atomic mass is 15.2. The van der Waals surface area contributed by atoms with Crippen LogP contribution >= 0.6 is 0 Å². The quantitative estimate of drug-likeness (QED) is 0.643. The molecule has 78 valence electrons. The number of rotatable bonds is 5. The lowest BCUT2D eigenvalue weighted by Gasteiger charge is -2.49. The third-order valence-electron chi connectivity index (χ3n) is 3.70. The average Bonchev–Trinajstić information content (AvgIpc) is 2.15. The normalized spacial score (nSPS) is 29.3. The molecule has 1 aliphatic rings. The first-order valence-corrected chi connectivity index (χ1v) is 5.48. The minimum atomic E-state index is 0.522. The van der Waals surface area contributed by atoms with Crippen molar-refractivity contribution in [2.24, 2.45) is 0 Å². The molecular weight excluding hydrogens is 160 g/mol. The second-order valence-corrected chi connectivity index (χ2v) is 4.67. The van der Waals surface area contributed by atoms with Crippen LogP contribution in [0, 0.1) is 0 Å². The van der Waals surface area contributed by atoms with Gasteiger partial charge in [0, 0.05) is 12.1 Å². The Morgan fingerprint density at radius 3 is 2.54 bits per heavy atom. The van der Waals surface area contributed by atoms with Gasteiger partial charge in [0.25, 0.3) is 0 Å². The standard InChI is InChI=1S/C11H24N2/c1-5-12(3)9-6-7-11(2)8-10-13(11)4/h5-10H2,1-4H3. The summed E-state index contributed by atoms with van der Waals surface area (Å²) in [5, 5.41) is 0. The van der Waals surface area contributed by atoms with Crippen molar-refractivity contribution in [2.75, 3.05) is 33.7 Å². The Kier molecular flexibility index (Phi) is 3.74. The Bertz CT molecular complexity index is 158. The molecule has 1 atom stereocenters. The SMILES string of the molecule is CCN(C)CCCC1(C)CCN1C. The highest BCUT2D eigenvalue weighted by Gasteiger charge is 2.36. The highest BCUT2D eigenvalue weighted by Crippen LogP contribution is 2.32. The summed E-state index contributed by atoms with van der Waals surface area (Å²) in [6.07, 6.45) is 4.08. The first-order chi connectivity index (χ1) is 6.08. The van der Waals surface area contributed by atoms with E-state index < -0.39 is 0 Å². The van der Waals surface area contributed by atoms with E-state index in [0.29, 0.717) is 5.54 Å². The average molecular weight is 184 g/mol. The predicted molar refractivity (Wildman–Crippen MR) is 58.1 cm³/mol. The minimum absolute atomic E-state index is 0.522. The molecule has 2 nitrogen and oxygen atoms in total. The molecule has 0 amide bonds. The zero-order valence-corrected chi connectivity index (χ0v) is 9.64. The van der Waals surface area contributed by atoms with Crippen molar-refractivity contribution in [1.29, 1.82) is 0 Å². The summed E-state index contributed by atoms with van der Waals surface area (Å²) in [5.74, 6) is 0. The van der Waals surface area contributed by atoms with Crippen LogP contribution in [0.3, 0.4) is 0 Å². The fourth-order valence-electron chi connectivity index (χ4n) is 1.92. The molecule has 0 aromatic heterocycles. The third kappa shape index (κ3) is 2.68. The Balaban J connectivity index is 2.12. The molecule has 0 aromatic rings. The van der Waals surface area contributed by atoms with E-state index in [1.165, 1.54) is 38.9 Å². The molecule has 2 heteroatoms. The summed E-state index contributed by atoms with van der Waals surface area (Å²) in [7, 11) is 4.44. The van der Waals surface area contributed by atoms with Crippen LogP contribution in [0.15, 0.2) is 0 Å². The van der Waals surface area contributed by atoms with Crippen LogP contribution in [0.4, 0.5) is 0 Å². The predicted octanol–water partition coefficient (Wildman–Crippen LogP) is 1.81. The molecule has 1 heterocycles. The lowest BCUT2D eigenvalue weighted by Crippen LogP contribution is -2.55. The summed E-state index contributed by atoms with van der Waals surface area (Å²) < 4.78 is 0. The van der Waals surface area contributed by atoms with Crippen LogP contribution in [-0.4, -0.2) is 49.1 Å². The first-order valence-electron chi connectivity index (χ1n) is 5.48. The maximum absolute atomic E-state index is 2.49. The smallest absolute Gasteiger partial charge is 0.0191 e. The summed E-state index contributed by atoms with van der Waals surface area (Å²) in [5.41, 5.74) is 0.522. The van der Waals surface area contributed by atoms with Gasteiger partial charge in [-0.1, -0.05) is 6.92 Å². The van der Waals surface area contributed by atoms with Crippen LogP contribution in [0.1, 0.15) is 33.1 Å². The van der Waals surface area contributed by atoms with Crippen molar-refractivity contribution < 1.29 is 0 Å². The molecule has 1 rings (SSSR count). The van der Waals surface area contributed by atoms with Gasteiger partial charge in [-0.2, -0.15) is 0 Å². The van der Waals surface area contributed by atoms with E-state index in [1.807, 2.05) is 0 Å². The number of nitrogens with zero attached hydrogens (tertiary/aromatic N) is 2. The van der Waals surface area contributed by atoms with Crippen LogP contribution in [0.2, 0.25) is 0 Å². The van der Waals surface area contributed by atoms with Crippen molar-refractivity contribution in [3.05, 3.63) is 0 Å². The number of hydrogen-bond acceptors (Lipinski definition) is 2. The van der Waals surface area contributed by atoms with Gasteiger partial charge in [-0.15, -0.1) is 0 Å². The van der Waals surface area contributed by atoms with E-state index in [0.717, 1.165) is 0 Å². The molecule has 13 heavy (non-hydrogen) atoms. The largest absolute Gasteiger partial charge is 0.307 e. The Labute approximate surface area is 82.9 Å². The maximum atomic E-state index is 2.49. The van der Waals surface area contributed by atoms with E-state index in [9.17, 15) is 0 Å². The van der Waals surface area contributed by atoms with Gasteiger partial charge in [0.05, 0.1) is 0 Å². The summed E-state index contributed by atoms with van der Waals surface area (Å²) >= 11 is 0. The lowest BCUT2D eigenvalue weighted by molar-refractivity contribution is 0.0169. The second-order valence-electron chi connectivity index (χ2n) is 4.67. The van der Waals surface area contributed by atoms with Crippen molar-refractivity contribution >= 4 is 0 Å². The summed E-state index contributed by atoms with van der Waals surface area (Å²) in [6, 6.07) is 0. The molecule has 0 radical (unpaired) electrons.